The molecule has 0 aromatic carbocycles. The van der Waals surface area contributed by atoms with Gasteiger partial charge in [-0.1, -0.05) is 0 Å². The van der Waals surface area contributed by atoms with Crippen molar-refractivity contribution in [3.8, 4) is 0 Å². The van der Waals surface area contributed by atoms with Gasteiger partial charge in [0.05, 0.1) is 13.2 Å². The predicted molar refractivity (Wildman–Crippen MR) is 47.7 cm³/mol. The lowest BCUT2D eigenvalue weighted by atomic mass is 10.2. The molecule has 0 radical (unpaired) electrons. The summed E-state index contributed by atoms with van der Waals surface area (Å²) in [5.41, 5.74) is 0. The largest absolute Gasteiger partial charge is 0.466 e. The standard InChI is InChI=1S/C9H14F2O4/c1-2-15-9(13)5-7(12)3-4-14-6-8(10)11/h8H,2-6H2,1H3. The highest BCUT2D eigenvalue weighted by atomic mass is 19.3. The Morgan fingerprint density at radius 3 is 2.53 bits per heavy atom. The summed E-state index contributed by atoms with van der Waals surface area (Å²) >= 11 is 0. The van der Waals surface area contributed by atoms with Gasteiger partial charge in [0.25, 0.3) is 6.43 Å². The van der Waals surface area contributed by atoms with Gasteiger partial charge in [-0.15, -0.1) is 0 Å². The number of ketones is 1. The predicted octanol–water partition coefficient (Wildman–Crippen LogP) is 1.18. The van der Waals surface area contributed by atoms with Crippen LogP contribution in [0.15, 0.2) is 0 Å². The minimum absolute atomic E-state index is 0.0501. The Bertz CT molecular complexity index is 206. The first-order valence-corrected chi connectivity index (χ1v) is 4.59. The van der Waals surface area contributed by atoms with Crippen molar-refractivity contribution in [2.45, 2.75) is 26.2 Å². The molecule has 0 N–H and O–H groups in total. The second-order valence-electron chi connectivity index (χ2n) is 2.74. The third-order valence-electron chi connectivity index (χ3n) is 1.42. The Balaban J connectivity index is 3.45. The lowest BCUT2D eigenvalue weighted by molar-refractivity contribution is -0.145. The van der Waals surface area contributed by atoms with Gasteiger partial charge in [-0.3, -0.25) is 9.59 Å². The zero-order valence-electron chi connectivity index (χ0n) is 8.50. The van der Waals surface area contributed by atoms with Crippen molar-refractivity contribution >= 4 is 11.8 Å². The Hall–Kier alpha value is -1.04. The number of alkyl halides is 2. The molecule has 4 nitrogen and oxygen atoms in total. The van der Waals surface area contributed by atoms with Crippen molar-refractivity contribution in [2.24, 2.45) is 0 Å². The summed E-state index contributed by atoms with van der Waals surface area (Å²) in [4.78, 5) is 21.8. The highest BCUT2D eigenvalue weighted by molar-refractivity contribution is 5.95. The quantitative estimate of drug-likeness (QED) is 0.353. The number of hydrogen-bond acceptors (Lipinski definition) is 4. The summed E-state index contributed by atoms with van der Waals surface area (Å²) in [5.74, 6) is -0.973. The zero-order valence-corrected chi connectivity index (χ0v) is 8.50. The van der Waals surface area contributed by atoms with E-state index in [2.05, 4.69) is 9.47 Å². The molecule has 0 aliphatic rings. The number of ether oxygens (including phenoxy) is 2. The molecular weight excluding hydrogens is 210 g/mol. The lowest BCUT2D eigenvalue weighted by Gasteiger charge is -2.03. The molecule has 0 aliphatic heterocycles. The smallest absolute Gasteiger partial charge is 0.313 e. The molecule has 0 bridgehead atoms. The Kier molecular flexibility index (Phi) is 7.71. The second-order valence-corrected chi connectivity index (χ2v) is 2.74. The molecule has 0 fully saturated rings. The van der Waals surface area contributed by atoms with Crippen molar-refractivity contribution in [1.29, 1.82) is 0 Å². The Labute approximate surface area is 86.5 Å². The summed E-state index contributed by atoms with van der Waals surface area (Å²) < 4.78 is 32.2. The van der Waals surface area contributed by atoms with Crippen LogP contribution >= 0.6 is 0 Å². The van der Waals surface area contributed by atoms with Gasteiger partial charge < -0.3 is 9.47 Å². The van der Waals surface area contributed by atoms with E-state index in [0.29, 0.717) is 0 Å². The molecule has 0 saturated heterocycles. The van der Waals surface area contributed by atoms with Crippen LogP contribution in [0.4, 0.5) is 8.78 Å². The van der Waals surface area contributed by atoms with Crippen LogP contribution in [0.25, 0.3) is 0 Å². The average molecular weight is 224 g/mol. The summed E-state index contributed by atoms with van der Waals surface area (Å²) in [6.07, 6.45) is -2.91. The monoisotopic (exact) mass is 224 g/mol. The zero-order chi connectivity index (χ0) is 11.7. The summed E-state index contributed by atoms with van der Waals surface area (Å²) in [5, 5.41) is 0. The maximum absolute atomic E-state index is 11.6. The van der Waals surface area contributed by atoms with Crippen LogP contribution in [0.3, 0.4) is 0 Å². The molecule has 0 unspecified atom stereocenters. The van der Waals surface area contributed by atoms with Gasteiger partial charge in [-0.2, -0.15) is 0 Å². The lowest BCUT2D eigenvalue weighted by Crippen LogP contribution is -2.14. The number of hydrogen-bond donors (Lipinski definition) is 0. The molecule has 0 saturated carbocycles. The van der Waals surface area contributed by atoms with E-state index in [1.807, 2.05) is 0 Å². The van der Waals surface area contributed by atoms with Crippen molar-refractivity contribution in [3.05, 3.63) is 0 Å². The maximum atomic E-state index is 11.6. The van der Waals surface area contributed by atoms with E-state index in [1.165, 1.54) is 0 Å². The van der Waals surface area contributed by atoms with Gasteiger partial charge in [0.2, 0.25) is 0 Å². The van der Waals surface area contributed by atoms with Gasteiger partial charge in [0.1, 0.15) is 18.8 Å². The first-order chi connectivity index (χ1) is 7.06. The molecule has 15 heavy (non-hydrogen) atoms. The summed E-state index contributed by atoms with van der Waals surface area (Å²) in [6, 6.07) is 0. The first kappa shape index (κ1) is 14.0. The van der Waals surface area contributed by atoms with E-state index >= 15 is 0 Å². The van der Waals surface area contributed by atoms with Crippen molar-refractivity contribution in [2.75, 3.05) is 19.8 Å². The molecule has 0 atom stereocenters. The first-order valence-electron chi connectivity index (χ1n) is 4.59. The normalized spacial score (nSPS) is 10.4. The van der Waals surface area contributed by atoms with Crippen LogP contribution in [-0.2, 0) is 19.1 Å². The SMILES string of the molecule is CCOC(=O)CC(=O)CCOCC(F)F. The third kappa shape index (κ3) is 9.27. The number of esters is 1. The van der Waals surface area contributed by atoms with E-state index in [0.717, 1.165) is 0 Å². The molecule has 0 aromatic rings. The van der Waals surface area contributed by atoms with Gasteiger partial charge in [0, 0.05) is 6.42 Å². The van der Waals surface area contributed by atoms with Crippen LogP contribution in [0, 0.1) is 0 Å². The summed E-state index contributed by atoms with van der Waals surface area (Å²) in [6.45, 7) is 1.07. The number of halogens is 2. The molecular formula is C9H14F2O4. The fraction of sp³-hybridized carbons (Fsp3) is 0.778. The molecule has 0 aliphatic carbocycles. The van der Waals surface area contributed by atoms with Crippen molar-refractivity contribution in [1.82, 2.24) is 0 Å². The molecule has 0 amide bonds. The van der Waals surface area contributed by atoms with Crippen LogP contribution in [-0.4, -0.2) is 38.0 Å². The van der Waals surface area contributed by atoms with Gasteiger partial charge in [0.15, 0.2) is 0 Å². The van der Waals surface area contributed by atoms with E-state index in [9.17, 15) is 18.4 Å². The van der Waals surface area contributed by atoms with Crippen molar-refractivity contribution < 1.29 is 27.8 Å². The van der Waals surface area contributed by atoms with E-state index in [1.54, 1.807) is 6.92 Å². The maximum Gasteiger partial charge on any atom is 0.313 e. The molecule has 0 aromatic heterocycles. The minimum Gasteiger partial charge on any atom is -0.466 e. The van der Waals surface area contributed by atoms with Crippen LogP contribution in [0.5, 0.6) is 0 Å². The van der Waals surface area contributed by atoms with Crippen molar-refractivity contribution in [3.63, 3.8) is 0 Å². The number of carbonyl (C=O) groups excluding carboxylic acids is 2. The third-order valence-corrected chi connectivity index (χ3v) is 1.42. The van der Waals surface area contributed by atoms with E-state index in [4.69, 9.17) is 0 Å². The minimum atomic E-state index is -2.54. The van der Waals surface area contributed by atoms with E-state index in [-0.39, 0.29) is 31.8 Å². The highest BCUT2D eigenvalue weighted by Crippen LogP contribution is 1.97. The number of Topliss-reactive ketones (excluding diaryl/α,β-unsaturated/α-hetero) is 1. The molecule has 0 spiro atoms. The molecule has 0 rings (SSSR count). The number of rotatable bonds is 8. The summed E-state index contributed by atoms with van der Waals surface area (Å²) in [7, 11) is 0. The van der Waals surface area contributed by atoms with Crippen LogP contribution < -0.4 is 0 Å². The second kappa shape index (κ2) is 8.28. The Morgan fingerprint density at radius 2 is 2.00 bits per heavy atom. The molecule has 0 heterocycles. The molecule has 6 heteroatoms. The van der Waals surface area contributed by atoms with E-state index < -0.39 is 19.0 Å². The van der Waals surface area contributed by atoms with Gasteiger partial charge in [-0.05, 0) is 6.92 Å². The topological polar surface area (TPSA) is 52.6 Å². The van der Waals surface area contributed by atoms with Crippen LogP contribution in [0.2, 0.25) is 0 Å². The number of carbonyl (C=O) groups is 2. The molecule has 88 valence electrons. The Morgan fingerprint density at radius 1 is 1.33 bits per heavy atom. The van der Waals surface area contributed by atoms with Gasteiger partial charge in [-0.25, -0.2) is 8.78 Å². The van der Waals surface area contributed by atoms with Gasteiger partial charge >= 0.3 is 5.97 Å². The fourth-order valence-corrected chi connectivity index (χ4v) is 0.820. The highest BCUT2D eigenvalue weighted by Gasteiger charge is 2.10. The van der Waals surface area contributed by atoms with Crippen LogP contribution in [0.1, 0.15) is 19.8 Å². The average Bonchev–Trinajstić information content (AvgIpc) is 2.12. The fourth-order valence-electron chi connectivity index (χ4n) is 0.820.